The van der Waals surface area contributed by atoms with Crippen LogP contribution in [0.5, 0.6) is 0 Å². The van der Waals surface area contributed by atoms with Crippen LogP contribution in [0.15, 0.2) is 53.0 Å². The Hall–Kier alpha value is -2.26. The molecule has 24 heavy (non-hydrogen) atoms. The van der Waals surface area contributed by atoms with E-state index in [1.807, 2.05) is 6.07 Å². The first kappa shape index (κ1) is 15.3. The number of hydrogen-bond donors (Lipinski definition) is 0. The van der Waals surface area contributed by atoms with Gasteiger partial charge in [-0.2, -0.15) is 0 Å². The van der Waals surface area contributed by atoms with Gasteiger partial charge >= 0.3 is 0 Å². The van der Waals surface area contributed by atoms with E-state index in [1.54, 1.807) is 30.3 Å². The summed E-state index contributed by atoms with van der Waals surface area (Å²) in [6.45, 7) is 2.13. The topological polar surface area (TPSA) is 34.1 Å². The Labute approximate surface area is 148 Å². The van der Waals surface area contributed by atoms with Crippen molar-refractivity contribution < 1.29 is 9.59 Å². The molecule has 118 valence electrons. The molecule has 0 bridgehead atoms. The van der Waals surface area contributed by atoms with Crippen LogP contribution >= 0.6 is 15.9 Å². The summed E-state index contributed by atoms with van der Waals surface area (Å²) in [4.78, 5) is 26.0. The van der Waals surface area contributed by atoms with Crippen molar-refractivity contribution in [1.29, 1.82) is 0 Å². The third-order valence-corrected chi connectivity index (χ3v) is 5.23. The van der Waals surface area contributed by atoms with Crippen molar-refractivity contribution in [2.24, 2.45) is 0 Å². The highest BCUT2D eigenvalue weighted by molar-refractivity contribution is 9.10. The van der Waals surface area contributed by atoms with Gasteiger partial charge in [-0.1, -0.05) is 71.7 Å². The average Bonchev–Trinajstić information content (AvgIpc) is 2.60. The predicted molar refractivity (Wildman–Crippen MR) is 99.0 cm³/mol. The maximum atomic E-state index is 13.1. The molecule has 0 N–H and O–H groups in total. The van der Waals surface area contributed by atoms with E-state index in [4.69, 9.17) is 0 Å². The van der Waals surface area contributed by atoms with Crippen LogP contribution in [0.25, 0.3) is 10.8 Å². The van der Waals surface area contributed by atoms with Gasteiger partial charge in [0.15, 0.2) is 11.6 Å². The molecule has 2 nitrogen and oxygen atoms in total. The fourth-order valence-corrected chi connectivity index (χ4v) is 4.03. The van der Waals surface area contributed by atoms with Gasteiger partial charge in [0.1, 0.15) is 0 Å². The molecule has 0 saturated carbocycles. The van der Waals surface area contributed by atoms with Gasteiger partial charge in [-0.05, 0) is 28.8 Å². The maximum absolute atomic E-state index is 13.1. The van der Waals surface area contributed by atoms with Crippen molar-refractivity contribution in [3.63, 3.8) is 0 Å². The molecule has 0 heterocycles. The minimum Gasteiger partial charge on any atom is -0.289 e. The fourth-order valence-electron chi connectivity index (χ4n) is 3.45. The van der Waals surface area contributed by atoms with E-state index >= 15 is 0 Å². The average molecular weight is 379 g/mol. The maximum Gasteiger partial charge on any atom is 0.195 e. The summed E-state index contributed by atoms with van der Waals surface area (Å²) in [5.41, 5.74) is 3.21. The highest BCUT2D eigenvalue weighted by Gasteiger charge is 2.31. The number of carbonyl (C=O) groups excluding carboxylic acids is 2. The van der Waals surface area contributed by atoms with Gasteiger partial charge in [-0.3, -0.25) is 9.59 Å². The number of fused-ring (bicyclic) bond motifs is 4. The van der Waals surface area contributed by atoms with E-state index in [-0.39, 0.29) is 11.6 Å². The molecular formula is C21H15BrO2. The third-order valence-electron chi connectivity index (χ3n) is 4.58. The monoisotopic (exact) mass is 378 g/mol. The zero-order valence-corrected chi connectivity index (χ0v) is 14.8. The quantitative estimate of drug-likeness (QED) is 0.472. The minimum absolute atomic E-state index is 0.0636. The molecule has 0 atom stereocenters. The summed E-state index contributed by atoms with van der Waals surface area (Å²) in [7, 11) is 0. The van der Waals surface area contributed by atoms with Crippen LogP contribution in [0.1, 0.15) is 50.8 Å². The van der Waals surface area contributed by atoms with E-state index in [0.717, 1.165) is 28.1 Å². The van der Waals surface area contributed by atoms with E-state index in [9.17, 15) is 9.59 Å². The molecule has 1 aliphatic rings. The highest BCUT2D eigenvalue weighted by atomic mass is 79.9. The first-order valence-corrected chi connectivity index (χ1v) is 8.84. The van der Waals surface area contributed by atoms with Gasteiger partial charge < -0.3 is 0 Å². The van der Waals surface area contributed by atoms with Crippen molar-refractivity contribution in [2.45, 2.75) is 19.8 Å². The Morgan fingerprint density at radius 2 is 1.54 bits per heavy atom. The Morgan fingerprint density at radius 3 is 2.25 bits per heavy atom. The molecule has 0 aliphatic heterocycles. The lowest BCUT2D eigenvalue weighted by Gasteiger charge is -2.20. The second-order valence-electron chi connectivity index (χ2n) is 6.11. The smallest absolute Gasteiger partial charge is 0.195 e. The molecule has 3 aromatic rings. The van der Waals surface area contributed by atoms with E-state index in [0.29, 0.717) is 22.3 Å². The summed E-state index contributed by atoms with van der Waals surface area (Å²) < 4.78 is 0.847. The van der Waals surface area contributed by atoms with Crippen molar-refractivity contribution in [1.82, 2.24) is 0 Å². The number of hydrogen-bond acceptors (Lipinski definition) is 2. The summed E-state index contributed by atoms with van der Waals surface area (Å²) in [6, 6.07) is 15.0. The molecule has 0 spiro atoms. The third kappa shape index (κ3) is 2.15. The molecule has 0 unspecified atom stereocenters. The highest BCUT2D eigenvalue weighted by Crippen LogP contribution is 2.37. The normalized spacial score (nSPS) is 13.1. The predicted octanol–water partition coefficient (Wildman–Crippen LogP) is 5.33. The number of halogens is 1. The van der Waals surface area contributed by atoms with Gasteiger partial charge in [-0.15, -0.1) is 0 Å². The number of benzene rings is 3. The number of ketones is 2. The Kier molecular flexibility index (Phi) is 3.61. The second kappa shape index (κ2) is 5.67. The van der Waals surface area contributed by atoms with Crippen LogP contribution in [0.3, 0.4) is 0 Å². The lowest BCUT2D eigenvalue weighted by atomic mass is 9.81. The molecule has 0 fully saturated rings. The zero-order chi connectivity index (χ0) is 16.8. The molecule has 3 heteroatoms. The van der Waals surface area contributed by atoms with Crippen molar-refractivity contribution in [3.8, 4) is 0 Å². The standard InChI is InChI=1S/C21H15BrO2/c1-2-5-12-8-9-13-16(10-12)19-17(11-18(13)22)20(23)14-6-3-4-7-15(14)21(19)24/h3-4,6-11H,2,5H2,1H3. The van der Waals surface area contributed by atoms with Gasteiger partial charge in [0.25, 0.3) is 0 Å². The fraction of sp³-hybridized carbons (Fsp3) is 0.143. The first-order chi connectivity index (χ1) is 11.6. The lowest BCUT2D eigenvalue weighted by Crippen LogP contribution is -2.21. The zero-order valence-electron chi connectivity index (χ0n) is 13.2. The summed E-state index contributed by atoms with van der Waals surface area (Å²) in [5.74, 6) is -0.143. The van der Waals surface area contributed by atoms with Gasteiger partial charge in [0.2, 0.25) is 0 Å². The van der Waals surface area contributed by atoms with E-state index < -0.39 is 0 Å². The van der Waals surface area contributed by atoms with Gasteiger partial charge in [0.05, 0.1) is 0 Å². The molecule has 3 aromatic carbocycles. The molecule has 1 aliphatic carbocycles. The van der Waals surface area contributed by atoms with Crippen LogP contribution < -0.4 is 0 Å². The molecule has 4 rings (SSSR count). The second-order valence-corrected chi connectivity index (χ2v) is 6.97. The summed E-state index contributed by atoms with van der Waals surface area (Å²) >= 11 is 3.56. The van der Waals surface area contributed by atoms with E-state index in [1.165, 1.54) is 5.56 Å². The van der Waals surface area contributed by atoms with Crippen molar-refractivity contribution in [3.05, 3.63) is 80.8 Å². The van der Waals surface area contributed by atoms with Gasteiger partial charge in [-0.25, -0.2) is 0 Å². The molecule has 0 saturated heterocycles. The summed E-state index contributed by atoms with van der Waals surface area (Å²) in [6.07, 6.45) is 1.99. The Bertz CT molecular complexity index is 1020. The number of rotatable bonds is 2. The van der Waals surface area contributed by atoms with Crippen molar-refractivity contribution in [2.75, 3.05) is 0 Å². The lowest BCUT2D eigenvalue weighted by molar-refractivity contribution is 0.0980. The Balaban J connectivity index is 2.08. The van der Waals surface area contributed by atoms with Crippen LogP contribution in [0.2, 0.25) is 0 Å². The molecule has 0 amide bonds. The van der Waals surface area contributed by atoms with Crippen LogP contribution in [0, 0.1) is 0 Å². The van der Waals surface area contributed by atoms with Crippen molar-refractivity contribution >= 4 is 38.3 Å². The van der Waals surface area contributed by atoms with Gasteiger partial charge in [0, 0.05) is 26.7 Å². The van der Waals surface area contributed by atoms with Crippen LogP contribution in [-0.4, -0.2) is 11.6 Å². The molecule has 0 aromatic heterocycles. The number of aryl methyl sites for hydroxylation is 1. The van der Waals surface area contributed by atoms with Crippen LogP contribution in [0.4, 0.5) is 0 Å². The van der Waals surface area contributed by atoms with E-state index in [2.05, 4.69) is 35.0 Å². The minimum atomic E-state index is -0.0799. The first-order valence-electron chi connectivity index (χ1n) is 8.05. The molecular weight excluding hydrogens is 364 g/mol. The largest absolute Gasteiger partial charge is 0.289 e. The SMILES string of the molecule is CCCc1ccc2c(Br)cc3c(c2c1)C(=O)c1ccccc1C3=O. The summed E-state index contributed by atoms with van der Waals surface area (Å²) in [5, 5.41) is 1.83. The number of carbonyl (C=O) groups is 2. The van der Waals surface area contributed by atoms with Crippen LogP contribution in [-0.2, 0) is 6.42 Å². The molecule has 0 radical (unpaired) electrons. The Morgan fingerprint density at radius 1 is 0.833 bits per heavy atom.